The van der Waals surface area contributed by atoms with Crippen LogP contribution in [0.15, 0.2) is 77.4 Å². The summed E-state index contributed by atoms with van der Waals surface area (Å²) in [5, 5.41) is 20.3. The summed E-state index contributed by atoms with van der Waals surface area (Å²) < 4.78 is 10.1. The van der Waals surface area contributed by atoms with Gasteiger partial charge in [0.05, 0.1) is 54.7 Å². The van der Waals surface area contributed by atoms with Gasteiger partial charge < -0.3 is 20.2 Å². The number of carbonyl (C=O) groups is 2. The number of carbonyl (C=O) groups excluding carboxylic acids is 2. The van der Waals surface area contributed by atoms with E-state index in [-0.39, 0.29) is 28.2 Å². The highest BCUT2D eigenvalue weighted by Crippen LogP contribution is 2.44. The normalized spacial score (nSPS) is 15.6. The number of fused-ring (bicyclic) bond motifs is 1. The molecule has 0 spiro atoms. The van der Waals surface area contributed by atoms with E-state index in [0.29, 0.717) is 22.2 Å². The highest BCUT2D eigenvalue weighted by atomic mass is 16.5. The Labute approximate surface area is 194 Å². The SMILES string of the molecule is COC(=O)C1=C(C(=O)OC)N(c2cc(C#N)cc3[nH]ccc23)C(N)=C(C#N)C1c1ccccc1. The third kappa shape index (κ3) is 3.42. The number of aromatic amines is 1. The molecule has 0 saturated carbocycles. The number of benzene rings is 2. The van der Waals surface area contributed by atoms with Gasteiger partial charge in [0.15, 0.2) is 0 Å². The van der Waals surface area contributed by atoms with Gasteiger partial charge in [-0.1, -0.05) is 30.3 Å². The van der Waals surface area contributed by atoms with E-state index in [4.69, 9.17) is 15.2 Å². The molecule has 2 aromatic carbocycles. The van der Waals surface area contributed by atoms with E-state index in [1.165, 1.54) is 25.2 Å². The number of methoxy groups -OCH3 is 2. The number of esters is 2. The molecule has 0 aliphatic carbocycles. The summed E-state index contributed by atoms with van der Waals surface area (Å²) in [6, 6.07) is 17.8. The third-order valence-electron chi connectivity index (χ3n) is 5.63. The van der Waals surface area contributed by atoms with E-state index in [0.717, 1.165) is 0 Å². The molecule has 1 aromatic heterocycles. The van der Waals surface area contributed by atoms with Crippen LogP contribution >= 0.6 is 0 Å². The van der Waals surface area contributed by atoms with Crippen molar-refractivity contribution < 1.29 is 19.1 Å². The minimum atomic E-state index is -0.968. The Morgan fingerprint density at radius 3 is 2.35 bits per heavy atom. The largest absolute Gasteiger partial charge is 0.466 e. The Bertz CT molecular complexity index is 1450. The fourth-order valence-corrected chi connectivity index (χ4v) is 4.16. The lowest BCUT2D eigenvalue weighted by atomic mass is 9.80. The number of ether oxygens (including phenoxy) is 2. The molecule has 4 rings (SSSR count). The number of aromatic nitrogens is 1. The molecule has 1 aliphatic heterocycles. The van der Waals surface area contributed by atoms with Crippen molar-refractivity contribution in [2.75, 3.05) is 19.1 Å². The molecule has 34 heavy (non-hydrogen) atoms. The smallest absolute Gasteiger partial charge is 0.355 e. The van der Waals surface area contributed by atoms with E-state index in [1.54, 1.807) is 48.7 Å². The lowest BCUT2D eigenvalue weighted by Gasteiger charge is -2.36. The van der Waals surface area contributed by atoms with Crippen molar-refractivity contribution in [3.05, 3.63) is 88.5 Å². The number of hydrogen-bond donors (Lipinski definition) is 2. The topological polar surface area (TPSA) is 145 Å². The van der Waals surface area contributed by atoms with Crippen LogP contribution in [0.3, 0.4) is 0 Å². The van der Waals surface area contributed by atoms with Gasteiger partial charge >= 0.3 is 11.9 Å². The van der Waals surface area contributed by atoms with Crippen LogP contribution in [0.1, 0.15) is 17.0 Å². The van der Waals surface area contributed by atoms with Gasteiger partial charge in [0.1, 0.15) is 11.5 Å². The fraction of sp³-hybridized carbons (Fsp3) is 0.120. The summed E-state index contributed by atoms with van der Waals surface area (Å²) in [4.78, 5) is 30.6. The van der Waals surface area contributed by atoms with Crippen molar-refractivity contribution in [2.45, 2.75) is 5.92 Å². The molecule has 3 aromatic rings. The summed E-state index contributed by atoms with van der Waals surface area (Å²) in [5.41, 5.74) is 8.06. The molecule has 1 aliphatic rings. The summed E-state index contributed by atoms with van der Waals surface area (Å²) >= 11 is 0. The lowest BCUT2D eigenvalue weighted by molar-refractivity contribution is -0.139. The van der Waals surface area contributed by atoms with E-state index in [1.807, 2.05) is 0 Å². The first-order chi connectivity index (χ1) is 16.5. The van der Waals surface area contributed by atoms with E-state index < -0.39 is 17.9 Å². The first kappa shape index (κ1) is 22.2. The van der Waals surface area contributed by atoms with Crippen molar-refractivity contribution in [3.8, 4) is 12.1 Å². The molecule has 0 amide bonds. The zero-order chi connectivity index (χ0) is 24.4. The monoisotopic (exact) mass is 453 g/mol. The number of allylic oxidation sites excluding steroid dienone is 1. The van der Waals surface area contributed by atoms with Crippen molar-refractivity contribution in [1.82, 2.24) is 4.98 Å². The second kappa shape index (κ2) is 8.85. The van der Waals surface area contributed by atoms with Gasteiger partial charge in [-0.05, 0) is 23.8 Å². The molecule has 0 radical (unpaired) electrons. The Kier molecular flexibility index (Phi) is 5.77. The fourth-order valence-electron chi connectivity index (χ4n) is 4.16. The maximum absolute atomic E-state index is 13.2. The van der Waals surface area contributed by atoms with Crippen molar-refractivity contribution in [2.24, 2.45) is 5.73 Å². The minimum Gasteiger partial charge on any atom is -0.466 e. The van der Waals surface area contributed by atoms with Gasteiger partial charge in [0.25, 0.3) is 0 Å². The zero-order valence-electron chi connectivity index (χ0n) is 18.3. The first-order valence-electron chi connectivity index (χ1n) is 10.1. The van der Waals surface area contributed by atoms with Gasteiger partial charge in [-0.25, -0.2) is 9.59 Å². The third-order valence-corrected chi connectivity index (χ3v) is 5.63. The highest BCUT2D eigenvalue weighted by molar-refractivity contribution is 6.08. The van der Waals surface area contributed by atoms with Crippen molar-refractivity contribution >= 4 is 28.5 Å². The average molecular weight is 453 g/mol. The summed E-state index contributed by atoms with van der Waals surface area (Å²) in [5.74, 6) is -2.71. The van der Waals surface area contributed by atoms with Crippen LogP contribution in [0, 0.1) is 22.7 Å². The van der Waals surface area contributed by atoms with Gasteiger partial charge in [-0.2, -0.15) is 10.5 Å². The second-order valence-corrected chi connectivity index (χ2v) is 7.38. The molecular weight excluding hydrogens is 434 g/mol. The second-order valence-electron chi connectivity index (χ2n) is 7.38. The number of hydrogen-bond acceptors (Lipinski definition) is 8. The van der Waals surface area contributed by atoms with Gasteiger partial charge in [0.2, 0.25) is 0 Å². The Morgan fingerprint density at radius 1 is 1.03 bits per heavy atom. The van der Waals surface area contributed by atoms with Crippen LogP contribution < -0.4 is 10.6 Å². The molecule has 168 valence electrons. The molecule has 1 atom stereocenters. The van der Waals surface area contributed by atoms with E-state index >= 15 is 0 Å². The molecule has 0 fully saturated rings. The number of nitriles is 2. The van der Waals surface area contributed by atoms with E-state index in [2.05, 4.69) is 17.1 Å². The summed E-state index contributed by atoms with van der Waals surface area (Å²) in [6.45, 7) is 0. The number of nitrogens with two attached hydrogens (primary N) is 1. The zero-order valence-corrected chi connectivity index (χ0v) is 18.3. The lowest BCUT2D eigenvalue weighted by Crippen LogP contribution is -2.40. The van der Waals surface area contributed by atoms with Crippen LogP contribution in [0.2, 0.25) is 0 Å². The maximum Gasteiger partial charge on any atom is 0.355 e. The first-order valence-corrected chi connectivity index (χ1v) is 10.1. The summed E-state index contributed by atoms with van der Waals surface area (Å²) in [6.07, 6.45) is 1.67. The number of H-pyrrole nitrogens is 1. The molecule has 1 unspecified atom stereocenters. The average Bonchev–Trinajstić information content (AvgIpc) is 3.35. The van der Waals surface area contributed by atoms with Gasteiger partial charge in [0, 0.05) is 17.1 Å². The highest BCUT2D eigenvalue weighted by Gasteiger charge is 2.43. The van der Waals surface area contributed by atoms with Crippen LogP contribution in [0.4, 0.5) is 5.69 Å². The molecule has 9 nitrogen and oxygen atoms in total. The summed E-state index contributed by atoms with van der Waals surface area (Å²) in [7, 11) is 2.36. The number of nitrogens with zero attached hydrogens (tertiary/aromatic N) is 3. The number of nitrogens with one attached hydrogen (secondary N) is 1. The number of rotatable bonds is 4. The predicted molar refractivity (Wildman–Crippen MR) is 123 cm³/mol. The molecule has 0 saturated heterocycles. The van der Waals surface area contributed by atoms with E-state index in [9.17, 15) is 20.1 Å². The minimum absolute atomic E-state index is 0.0466. The Morgan fingerprint density at radius 2 is 1.74 bits per heavy atom. The molecule has 0 bridgehead atoms. The van der Waals surface area contributed by atoms with Gasteiger partial charge in [-0.15, -0.1) is 0 Å². The van der Waals surface area contributed by atoms with Crippen LogP contribution in [-0.4, -0.2) is 31.1 Å². The van der Waals surface area contributed by atoms with Crippen LogP contribution in [0.5, 0.6) is 0 Å². The Hall–Kier alpha value is -5.02. The number of anilines is 1. The maximum atomic E-state index is 13.2. The van der Waals surface area contributed by atoms with Gasteiger partial charge in [-0.3, -0.25) is 4.90 Å². The van der Waals surface area contributed by atoms with Crippen molar-refractivity contribution in [1.29, 1.82) is 10.5 Å². The molecular formula is C25H19N5O4. The Balaban J connectivity index is 2.14. The van der Waals surface area contributed by atoms with Crippen LogP contribution in [0.25, 0.3) is 10.9 Å². The van der Waals surface area contributed by atoms with Crippen LogP contribution in [-0.2, 0) is 19.1 Å². The standard InChI is InChI=1S/C25H19N5O4/c1-33-24(31)21-20(15-6-4-3-5-7-15)17(13-27)23(28)30(22(21)25(32)34-2)19-11-14(12-26)10-18-16(19)8-9-29-18/h3-11,20,29H,28H2,1-2H3. The quantitative estimate of drug-likeness (QED) is 0.574. The van der Waals surface area contributed by atoms with Crippen molar-refractivity contribution in [3.63, 3.8) is 0 Å². The molecule has 2 heterocycles. The predicted octanol–water partition coefficient (Wildman–Crippen LogP) is 2.94. The molecule has 9 heteroatoms. The molecule has 3 N–H and O–H groups in total.